The molecule has 1 aromatic heterocycles. The van der Waals surface area contributed by atoms with Gasteiger partial charge in [-0.3, -0.25) is 0 Å². The predicted molar refractivity (Wildman–Crippen MR) is 80.2 cm³/mol. The standard InChI is InChI=1S/C17H10F3N3O2/c18-17(19,20)13-7-5-11(6-8-13)16-22-15(25-23-16)10-24-14-4-2-1-3-12(14)9-21/h1-8H,10H2. The topological polar surface area (TPSA) is 71.9 Å². The molecule has 0 radical (unpaired) electrons. The summed E-state index contributed by atoms with van der Waals surface area (Å²) < 4.78 is 48.2. The molecule has 0 saturated heterocycles. The Balaban J connectivity index is 1.71. The van der Waals surface area contributed by atoms with Crippen LogP contribution in [0, 0.1) is 11.3 Å². The SMILES string of the molecule is N#Cc1ccccc1OCc1nc(-c2ccc(C(F)(F)F)cc2)no1. The lowest BCUT2D eigenvalue weighted by Crippen LogP contribution is -2.04. The highest BCUT2D eigenvalue weighted by molar-refractivity contribution is 5.54. The Labute approximate surface area is 140 Å². The van der Waals surface area contributed by atoms with Crippen molar-refractivity contribution in [3.63, 3.8) is 0 Å². The maximum atomic E-state index is 12.6. The van der Waals surface area contributed by atoms with E-state index in [-0.39, 0.29) is 18.3 Å². The number of hydrogen-bond donors (Lipinski definition) is 0. The Kier molecular flexibility index (Phi) is 4.39. The quantitative estimate of drug-likeness (QED) is 0.708. The number of ether oxygens (including phenoxy) is 1. The first kappa shape index (κ1) is 16.5. The van der Waals surface area contributed by atoms with Gasteiger partial charge in [-0.2, -0.15) is 23.4 Å². The van der Waals surface area contributed by atoms with E-state index < -0.39 is 11.7 Å². The molecule has 0 atom stereocenters. The molecule has 0 saturated carbocycles. The van der Waals surface area contributed by atoms with Crippen molar-refractivity contribution in [1.82, 2.24) is 10.1 Å². The zero-order chi connectivity index (χ0) is 17.9. The summed E-state index contributed by atoms with van der Waals surface area (Å²) in [6.45, 7) is -0.0632. The van der Waals surface area contributed by atoms with E-state index in [0.29, 0.717) is 16.9 Å². The van der Waals surface area contributed by atoms with Crippen LogP contribution in [0.5, 0.6) is 5.75 Å². The molecular weight excluding hydrogens is 335 g/mol. The summed E-state index contributed by atoms with van der Waals surface area (Å²) in [5.74, 6) is 0.669. The highest BCUT2D eigenvalue weighted by atomic mass is 19.4. The normalized spacial score (nSPS) is 11.1. The molecule has 3 rings (SSSR count). The Morgan fingerprint density at radius 3 is 2.48 bits per heavy atom. The van der Waals surface area contributed by atoms with Crippen LogP contribution < -0.4 is 4.74 Å². The van der Waals surface area contributed by atoms with Gasteiger partial charge in [0.2, 0.25) is 5.82 Å². The molecule has 0 unspecified atom stereocenters. The molecule has 0 aliphatic rings. The van der Waals surface area contributed by atoms with Crippen LogP contribution in [0.15, 0.2) is 53.1 Å². The molecule has 0 amide bonds. The number of halogens is 3. The fourth-order valence-corrected chi connectivity index (χ4v) is 2.06. The number of nitrogens with zero attached hydrogens (tertiary/aromatic N) is 3. The average molecular weight is 345 g/mol. The van der Waals surface area contributed by atoms with E-state index in [4.69, 9.17) is 14.5 Å². The van der Waals surface area contributed by atoms with E-state index in [1.807, 2.05) is 6.07 Å². The summed E-state index contributed by atoms with van der Waals surface area (Å²) in [5.41, 5.74) is 0.00168. The molecule has 5 nitrogen and oxygen atoms in total. The van der Waals surface area contributed by atoms with Gasteiger partial charge in [-0.05, 0) is 24.3 Å². The number of para-hydroxylation sites is 1. The molecule has 0 aliphatic carbocycles. The molecule has 0 aliphatic heterocycles. The molecule has 25 heavy (non-hydrogen) atoms. The highest BCUT2D eigenvalue weighted by Crippen LogP contribution is 2.30. The Hall–Kier alpha value is -3.34. The smallest absolute Gasteiger partial charge is 0.416 e. The third-order valence-corrected chi connectivity index (χ3v) is 3.30. The summed E-state index contributed by atoms with van der Waals surface area (Å²) >= 11 is 0. The van der Waals surface area contributed by atoms with E-state index in [2.05, 4.69) is 10.1 Å². The molecule has 2 aromatic carbocycles. The van der Waals surface area contributed by atoms with Gasteiger partial charge in [-0.25, -0.2) is 0 Å². The number of aromatic nitrogens is 2. The van der Waals surface area contributed by atoms with Crippen LogP contribution in [-0.2, 0) is 12.8 Å². The molecule has 8 heteroatoms. The van der Waals surface area contributed by atoms with Crippen molar-refractivity contribution in [2.75, 3.05) is 0 Å². The first-order valence-corrected chi connectivity index (χ1v) is 7.09. The molecule has 0 N–H and O–H groups in total. The van der Waals surface area contributed by atoms with E-state index in [9.17, 15) is 13.2 Å². The lowest BCUT2D eigenvalue weighted by atomic mass is 10.1. The van der Waals surface area contributed by atoms with Crippen LogP contribution in [0.2, 0.25) is 0 Å². The van der Waals surface area contributed by atoms with Gasteiger partial charge in [0.25, 0.3) is 5.89 Å². The minimum atomic E-state index is -4.40. The molecule has 126 valence electrons. The maximum absolute atomic E-state index is 12.6. The largest absolute Gasteiger partial charge is 0.482 e. The molecular formula is C17H10F3N3O2. The van der Waals surface area contributed by atoms with E-state index in [1.165, 1.54) is 12.1 Å². The maximum Gasteiger partial charge on any atom is 0.416 e. The van der Waals surface area contributed by atoms with Crippen molar-refractivity contribution >= 4 is 0 Å². The summed E-state index contributed by atoms with van der Waals surface area (Å²) in [6, 6.07) is 13.1. The number of nitriles is 1. The van der Waals surface area contributed by atoms with Gasteiger partial charge < -0.3 is 9.26 Å². The van der Waals surface area contributed by atoms with Crippen molar-refractivity contribution in [2.45, 2.75) is 12.8 Å². The monoisotopic (exact) mass is 345 g/mol. The lowest BCUT2D eigenvalue weighted by Gasteiger charge is -2.05. The molecule has 1 heterocycles. The number of benzene rings is 2. The molecule has 0 bridgehead atoms. The number of hydrogen-bond acceptors (Lipinski definition) is 5. The van der Waals surface area contributed by atoms with Crippen molar-refractivity contribution < 1.29 is 22.4 Å². The van der Waals surface area contributed by atoms with Crippen molar-refractivity contribution in [3.05, 3.63) is 65.5 Å². The summed E-state index contributed by atoms with van der Waals surface area (Å²) in [6.07, 6.45) is -4.40. The van der Waals surface area contributed by atoms with Crippen LogP contribution in [0.25, 0.3) is 11.4 Å². The van der Waals surface area contributed by atoms with Gasteiger partial charge in [-0.1, -0.05) is 29.4 Å². The van der Waals surface area contributed by atoms with E-state index in [0.717, 1.165) is 12.1 Å². The molecule has 0 fully saturated rings. The minimum Gasteiger partial charge on any atom is -0.482 e. The summed E-state index contributed by atoms with van der Waals surface area (Å²) in [4.78, 5) is 4.08. The van der Waals surface area contributed by atoms with Crippen LogP contribution in [0.1, 0.15) is 17.0 Å². The van der Waals surface area contributed by atoms with Gasteiger partial charge in [0, 0.05) is 5.56 Å². The fourth-order valence-electron chi connectivity index (χ4n) is 2.06. The molecule has 3 aromatic rings. The number of alkyl halides is 3. The Morgan fingerprint density at radius 1 is 1.08 bits per heavy atom. The Bertz CT molecular complexity index is 912. The highest BCUT2D eigenvalue weighted by Gasteiger charge is 2.30. The first-order chi connectivity index (χ1) is 12.0. The average Bonchev–Trinajstić information content (AvgIpc) is 3.08. The zero-order valence-corrected chi connectivity index (χ0v) is 12.6. The van der Waals surface area contributed by atoms with Gasteiger partial charge in [0.05, 0.1) is 11.1 Å². The van der Waals surface area contributed by atoms with Gasteiger partial charge in [0.1, 0.15) is 11.8 Å². The predicted octanol–water partition coefficient (Wildman–Crippen LogP) is 4.21. The Morgan fingerprint density at radius 2 is 1.80 bits per heavy atom. The van der Waals surface area contributed by atoms with E-state index >= 15 is 0 Å². The second-order valence-corrected chi connectivity index (χ2v) is 4.98. The van der Waals surface area contributed by atoms with Crippen LogP contribution in [0.3, 0.4) is 0 Å². The van der Waals surface area contributed by atoms with Gasteiger partial charge in [0.15, 0.2) is 6.61 Å². The summed E-state index contributed by atoms with van der Waals surface area (Å²) in [5, 5.41) is 12.7. The first-order valence-electron chi connectivity index (χ1n) is 7.09. The second-order valence-electron chi connectivity index (χ2n) is 4.98. The minimum absolute atomic E-state index is 0.0632. The van der Waals surface area contributed by atoms with Crippen molar-refractivity contribution in [2.24, 2.45) is 0 Å². The molecule has 0 spiro atoms. The van der Waals surface area contributed by atoms with Crippen LogP contribution in [0.4, 0.5) is 13.2 Å². The van der Waals surface area contributed by atoms with Crippen LogP contribution in [-0.4, -0.2) is 10.1 Å². The lowest BCUT2D eigenvalue weighted by molar-refractivity contribution is -0.137. The van der Waals surface area contributed by atoms with E-state index in [1.54, 1.807) is 24.3 Å². The summed E-state index contributed by atoms with van der Waals surface area (Å²) in [7, 11) is 0. The van der Waals surface area contributed by atoms with Gasteiger partial charge >= 0.3 is 6.18 Å². The zero-order valence-electron chi connectivity index (χ0n) is 12.6. The second kappa shape index (κ2) is 6.65. The van der Waals surface area contributed by atoms with Crippen LogP contribution >= 0.6 is 0 Å². The van der Waals surface area contributed by atoms with Crippen molar-refractivity contribution in [1.29, 1.82) is 5.26 Å². The third-order valence-electron chi connectivity index (χ3n) is 3.30. The fraction of sp³-hybridized carbons (Fsp3) is 0.118. The van der Waals surface area contributed by atoms with Crippen molar-refractivity contribution in [3.8, 4) is 23.2 Å². The third kappa shape index (κ3) is 3.77. The number of rotatable bonds is 4. The van der Waals surface area contributed by atoms with Gasteiger partial charge in [-0.15, -0.1) is 0 Å².